The number of piperazine rings is 1. The van der Waals surface area contributed by atoms with Gasteiger partial charge < -0.3 is 25.0 Å². The summed E-state index contributed by atoms with van der Waals surface area (Å²) in [5.41, 5.74) is 2.01. The topological polar surface area (TPSA) is 88.7 Å². The zero-order valence-corrected chi connectivity index (χ0v) is 18.1. The van der Waals surface area contributed by atoms with Gasteiger partial charge in [0.25, 0.3) is 0 Å². The molecule has 2 aliphatic heterocycles. The van der Waals surface area contributed by atoms with Crippen LogP contribution in [-0.2, 0) is 16.0 Å². The lowest BCUT2D eigenvalue weighted by molar-refractivity contribution is -0.137. The van der Waals surface area contributed by atoms with E-state index in [4.69, 9.17) is 0 Å². The number of urea groups is 1. The maximum Gasteiger partial charge on any atom is 0.320 e. The molecule has 0 spiro atoms. The molecule has 4 amide bonds. The van der Waals surface area contributed by atoms with E-state index in [9.17, 15) is 14.4 Å². The minimum Gasteiger partial charge on any atom is -0.361 e. The summed E-state index contributed by atoms with van der Waals surface area (Å²) in [7, 11) is 0. The Balaban J connectivity index is 1.39. The number of rotatable bonds is 4. The van der Waals surface area contributed by atoms with Gasteiger partial charge in [0.1, 0.15) is 6.04 Å². The first kappa shape index (κ1) is 21.2. The van der Waals surface area contributed by atoms with Gasteiger partial charge in [0.15, 0.2) is 0 Å². The number of nitrogens with one attached hydrogen (secondary N) is 2. The van der Waals surface area contributed by atoms with Crippen LogP contribution in [0.3, 0.4) is 0 Å². The summed E-state index contributed by atoms with van der Waals surface area (Å²) in [5, 5.41) is 3.89. The fourth-order valence-electron chi connectivity index (χ4n) is 4.59. The van der Waals surface area contributed by atoms with Crippen LogP contribution in [0.25, 0.3) is 10.9 Å². The number of aromatic nitrogens is 1. The van der Waals surface area contributed by atoms with Crippen molar-refractivity contribution in [1.82, 2.24) is 25.0 Å². The van der Waals surface area contributed by atoms with Crippen LogP contribution in [0.1, 0.15) is 31.7 Å². The van der Waals surface area contributed by atoms with Crippen LogP contribution in [-0.4, -0.2) is 82.8 Å². The molecule has 8 nitrogen and oxygen atoms in total. The van der Waals surface area contributed by atoms with Gasteiger partial charge in [-0.2, -0.15) is 0 Å². The average molecular weight is 426 g/mol. The van der Waals surface area contributed by atoms with Crippen molar-refractivity contribution in [2.45, 2.75) is 38.6 Å². The third-order valence-corrected chi connectivity index (χ3v) is 6.26. The van der Waals surface area contributed by atoms with E-state index in [0.717, 1.165) is 42.4 Å². The van der Waals surface area contributed by atoms with Crippen LogP contribution < -0.4 is 5.32 Å². The number of para-hydroxylation sites is 1. The molecule has 3 heterocycles. The second-order valence-electron chi connectivity index (χ2n) is 8.46. The van der Waals surface area contributed by atoms with Gasteiger partial charge in [-0.3, -0.25) is 9.59 Å². The molecular weight excluding hydrogens is 394 g/mol. The molecule has 0 unspecified atom stereocenters. The normalized spacial score (nSPS) is 18.2. The molecule has 2 N–H and O–H groups in total. The number of hydrogen-bond acceptors (Lipinski definition) is 3. The summed E-state index contributed by atoms with van der Waals surface area (Å²) < 4.78 is 0. The van der Waals surface area contributed by atoms with Crippen LogP contribution >= 0.6 is 0 Å². The van der Waals surface area contributed by atoms with Gasteiger partial charge in [-0.15, -0.1) is 0 Å². The standard InChI is InChI=1S/C23H31N5O3/c1-17(29)25-21(15-18-16-24-20-8-4-3-7-19(18)20)22(30)26-11-13-28(14-12-26)23(31)27-9-5-2-6-10-27/h3-4,7-8,16,21,24H,2,5-6,9-15H2,1H3,(H,25,29)/t21-/m0/s1. The maximum atomic E-state index is 13.3. The third kappa shape index (κ3) is 4.84. The van der Waals surface area contributed by atoms with Crippen LogP contribution in [0.15, 0.2) is 30.5 Å². The molecule has 0 bridgehead atoms. The lowest BCUT2D eigenvalue weighted by atomic mass is 10.0. The number of H-pyrrole nitrogens is 1. The Hall–Kier alpha value is -3.03. The number of likely N-dealkylation sites (tertiary alicyclic amines) is 1. The number of amides is 4. The largest absolute Gasteiger partial charge is 0.361 e. The van der Waals surface area contributed by atoms with Gasteiger partial charge in [0.05, 0.1) is 0 Å². The monoisotopic (exact) mass is 425 g/mol. The first-order valence-electron chi connectivity index (χ1n) is 11.2. The minimum absolute atomic E-state index is 0.0870. The highest BCUT2D eigenvalue weighted by Gasteiger charge is 2.31. The maximum absolute atomic E-state index is 13.3. The third-order valence-electron chi connectivity index (χ3n) is 6.26. The van der Waals surface area contributed by atoms with E-state index in [1.807, 2.05) is 40.3 Å². The van der Waals surface area contributed by atoms with E-state index in [2.05, 4.69) is 10.3 Å². The fraction of sp³-hybridized carbons (Fsp3) is 0.522. The van der Waals surface area contributed by atoms with Crippen molar-refractivity contribution >= 4 is 28.7 Å². The molecule has 1 aromatic carbocycles. The number of carbonyl (C=O) groups excluding carboxylic acids is 3. The van der Waals surface area contributed by atoms with Crippen LogP contribution in [0.5, 0.6) is 0 Å². The Bertz CT molecular complexity index is 942. The van der Waals surface area contributed by atoms with Gasteiger partial charge in [0, 0.05) is 69.7 Å². The van der Waals surface area contributed by atoms with Crippen molar-refractivity contribution in [3.8, 4) is 0 Å². The molecule has 166 valence electrons. The SMILES string of the molecule is CC(=O)N[C@@H](Cc1c[nH]c2ccccc12)C(=O)N1CCN(C(=O)N2CCCCC2)CC1. The van der Waals surface area contributed by atoms with Crippen LogP contribution in [0.2, 0.25) is 0 Å². The van der Waals surface area contributed by atoms with Crippen LogP contribution in [0.4, 0.5) is 4.79 Å². The molecule has 8 heteroatoms. The van der Waals surface area contributed by atoms with Crippen LogP contribution in [0, 0.1) is 0 Å². The Morgan fingerprint density at radius 2 is 1.58 bits per heavy atom. The summed E-state index contributed by atoms with van der Waals surface area (Å²) in [6.45, 7) is 5.12. The van der Waals surface area contributed by atoms with Crippen molar-refractivity contribution in [2.24, 2.45) is 0 Å². The van der Waals surface area contributed by atoms with E-state index in [1.54, 1.807) is 4.90 Å². The average Bonchev–Trinajstić information content (AvgIpc) is 3.21. The van der Waals surface area contributed by atoms with Crippen molar-refractivity contribution in [3.05, 3.63) is 36.0 Å². The predicted molar refractivity (Wildman–Crippen MR) is 119 cm³/mol. The molecule has 2 fully saturated rings. The molecule has 0 radical (unpaired) electrons. The van der Waals surface area contributed by atoms with Crippen molar-refractivity contribution in [3.63, 3.8) is 0 Å². The molecule has 0 saturated carbocycles. The zero-order valence-electron chi connectivity index (χ0n) is 18.1. The van der Waals surface area contributed by atoms with Crippen molar-refractivity contribution < 1.29 is 14.4 Å². The van der Waals surface area contributed by atoms with E-state index in [1.165, 1.54) is 13.3 Å². The number of carbonyl (C=O) groups is 3. The number of aromatic amines is 1. The molecule has 1 aromatic heterocycles. The zero-order chi connectivity index (χ0) is 21.8. The van der Waals surface area contributed by atoms with Crippen molar-refractivity contribution in [1.29, 1.82) is 0 Å². The molecule has 31 heavy (non-hydrogen) atoms. The molecule has 2 aromatic rings. The minimum atomic E-state index is -0.624. The number of piperidine rings is 1. The van der Waals surface area contributed by atoms with Gasteiger partial charge in [-0.25, -0.2) is 4.79 Å². The second-order valence-corrected chi connectivity index (χ2v) is 8.46. The highest BCUT2D eigenvalue weighted by Crippen LogP contribution is 2.20. The number of benzene rings is 1. The Kier molecular flexibility index (Phi) is 6.44. The molecule has 4 rings (SSSR count). The molecule has 2 saturated heterocycles. The quantitative estimate of drug-likeness (QED) is 0.785. The number of fused-ring (bicyclic) bond motifs is 1. The smallest absolute Gasteiger partial charge is 0.320 e. The van der Waals surface area contributed by atoms with E-state index < -0.39 is 6.04 Å². The second kappa shape index (κ2) is 9.41. The molecule has 2 aliphatic rings. The molecule has 1 atom stereocenters. The summed E-state index contributed by atoms with van der Waals surface area (Å²) in [4.78, 5) is 46.6. The van der Waals surface area contributed by atoms with E-state index >= 15 is 0 Å². The first-order valence-corrected chi connectivity index (χ1v) is 11.2. The highest BCUT2D eigenvalue weighted by atomic mass is 16.2. The fourth-order valence-corrected chi connectivity index (χ4v) is 4.59. The number of hydrogen-bond donors (Lipinski definition) is 2. The highest BCUT2D eigenvalue weighted by molar-refractivity contribution is 5.89. The lowest BCUT2D eigenvalue weighted by Crippen LogP contribution is -2.58. The van der Waals surface area contributed by atoms with Gasteiger partial charge in [-0.1, -0.05) is 18.2 Å². The van der Waals surface area contributed by atoms with Gasteiger partial charge >= 0.3 is 6.03 Å². The summed E-state index contributed by atoms with van der Waals surface area (Å²) >= 11 is 0. The van der Waals surface area contributed by atoms with E-state index in [-0.39, 0.29) is 17.8 Å². The summed E-state index contributed by atoms with van der Waals surface area (Å²) in [6, 6.07) is 7.40. The van der Waals surface area contributed by atoms with Gasteiger partial charge in [0.2, 0.25) is 11.8 Å². The van der Waals surface area contributed by atoms with E-state index in [0.29, 0.717) is 32.6 Å². The molecule has 0 aliphatic carbocycles. The van der Waals surface area contributed by atoms with Crippen molar-refractivity contribution in [2.75, 3.05) is 39.3 Å². The Labute approximate surface area is 182 Å². The Morgan fingerprint density at radius 1 is 0.935 bits per heavy atom. The summed E-state index contributed by atoms with van der Waals surface area (Å²) in [6.07, 6.45) is 5.65. The number of nitrogens with zero attached hydrogens (tertiary/aromatic N) is 3. The first-order chi connectivity index (χ1) is 15.0. The van der Waals surface area contributed by atoms with Gasteiger partial charge in [-0.05, 0) is 30.9 Å². The predicted octanol–water partition coefficient (Wildman–Crippen LogP) is 1.97. The summed E-state index contributed by atoms with van der Waals surface area (Å²) in [5.74, 6) is -0.317. The lowest BCUT2D eigenvalue weighted by Gasteiger charge is -2.39. The molecular formula is C23H31N5O3. The Morgan fingerprint density at radius 3 is 2.29 bits per heavy atom.